The molecule has 1 nitrogen and oxygen atoms in total. The average molecular weight is 208 g/mol. The van der Waals surface area contributed by atoms with Crippen molar-refractivity contribution in [2.24, 2.45) is 5.92 Å². The topological polar surface area (TPSA) is 12.0 Å². The summed E-state index contributed by atoms with van der Waals surface area (Å²) in [6, 6.07) is 0. The molecule has 0 aliphatic carbocycles. The maximum Gasteiger partial charge on any atom is 0.00897 e. The fourth-order valence-electron chi connectivity index (χ4n) is 1.05. The van der Waals surface area contributed by atoms with E-state index >= 15 is 0 Å². The van der Waals surface area contributed by atoms with E-state index in [1.165, 1.54) is 25.7 Å². The van der Waals surface area contributed by atoms with Gasteiger partial charge < -0.3 is 0 Å². The Morgan fingerprint density at radius 2 is 2.10 bits per heavy atom. The average Bonchev–Trinajstić information content (AvgIpc) is 1.98. The Balaban J connectivity index is 3.21. The van der Waals surface area contributed by atoms with Gasteiger partial charge in [0.1, 0.15) is 0 Å². The predicted molar refractivity (Wildman–Crippen MR) is 50.2 cm³/mol. The molecule has 0 aliphatic heterocycles. The molecule has 0 saturated carbocycles. The van der Waals surface area contributed by atoms with Crippen LogP contribution >= 0.6 is 16.1 Å². The zero-order valence-electron chi connectivity index (χ0n) is 6.99. The summed E-state index contributed by atoms with van der Waals surface area (Å²) >= 11 is 3.23. The van der Waals surface area contributed by atoms with E-state index < -0.39 is 0 Å². The lowest BCUT2D eigenvalue weighted by Gasteiger charge is -2.11. The molecule has 0 rings (SSSR count). The molecule has 0 aromatic carbocycles. The van der Waals surface area contributed by atoms with Crippen LogP contribution in [-0.4, -0.2) is 6.54 Å². The van der Waals surface area contributed by atoms with Crippen molar-refractivity contribution in [3.05, 3.63) is 0 Å². The van der Waals surface area contributed by atoms with E-state index in [9.17, 15) is 0 Å². The van der Waals surface area contributed by atoms with Crippen molar-refractivity contribution in [3.8, 4) is 0 Å². The number of rotatable bonds is 6. The van der Waals surface area contributed by atoms with Gasteiger partial charge in [-0.2, -0.15) is 0 Å². The van der Waals surface area contributed by atoms with E-state index in [2.05, 4.69) is 34.3 Å². The standard InChI is InChI=1S/C8H18BrN/c1-3-5-6-8(4-2)7-10-9/h8,10H,3-7H2,1-2H3. The second-order valence-electron chi connectivity index (χ2n) is 2.75. The number of hydrogen-bond acceptors (Lipinski definition) is 1. The van der Waals surface area contributed by atoms with Gasteiger partial charge in [0.05, 0.1) is 0 Å². The third-order valence-corrected chi connectivity index (χ3v) is 2.23. The van der Waals surface area contributed by atoms with Gasteiger partial charge in [0, 0.05) is 22.7 Å². The van der Waals surface area contributed by atoms with Crippen LogP contribution in [0.25, 0.3) is 0 Å². The second-order valence-corrected chi connectivity index (χ2v) is 3.31. The molecule has 62 valence electrons. The highest BCUT2D eigenvalue weighted by molar-refractivity contribution is 9.08. The Labute approximate surface area is 72.9 Å². The Morgan fingerprint density at radius 3 is 2.50 bits per heavy atom. The van der Waals surface area contributed by atoms with Gasteiger partial charge in [0.2, 0.25) is 0 Å². The largest absolute Gasteiger partial charge is 0.256 e. The molecule has 10 heavy (non-hydrogen) atoms. The van der Waals surface area contributed by atoms with Crippen molar-refractivity contribution >= 4 is 16.1 Å². The lowest BCUT2D eigenvalue weighted by atomic mass is 10.00. The van der Waals surface area contributed by atoms with Crippen LogP contribution in [0.15, 0.2) is 0 Å². The van der Waals surface area contributed by atoms with Gasteiger partial charge in [-0.15, -0.1) is 0 Å². The summed E-state index contributed by atoms with van der Waals surface area (Å²) in [6.45, 7) is 5.61. The van der Waals surface area contributed by atoms with Crippen LogP contribution in [0.4, 0.5) is 0 Å². The molecule has 1 atom stereocenters. The summed E-state index contributed by atoms with van der Waals surface area (Å²) in [5.74, 6) is 0.860. The summed E-state index contributed by atoms with van der Waals surface area (Å²) in [4.78, 5) is 0. The number of hydrogen-bond donors (Lipinski definition) is 1. The Kier molecular flexibility index (Phi) is 7.88. The zero-order chi connectivity index (χ0) is 7.82. The molecule has 0 aromatic heterocycles. The molecular formula is C8H18BrN. The van der Waals surface area contributed by atoms with Gasteiger partial charge >= 0.3 is 0 Å². The number of unbranched alkanes of at least 4 members (excludes halogenated alkanes) is 1. The molecule has 0 spiro atoms. The van der Waals surface area contributed by atoms with Gasteiger partial charge in [-0.3, -0.25) is 4.34 Å². The summed E-state index contributed by atoms with van der Waals surface area (Å²) < 4.78 is 3.04. The zero-order valence-corrected chi connectivity index (χ0v) is 8.58. The summed E-state index contributed by atoms with van der Waals surface area (Å²) in [5.41, 5.74) is 0. The monoisotopic (exact) mass is 207 g/mol. The van der Waals surface area contributed by atoms with Crippen molar-refractivity contribution in [1.29, 1.82) is 0 Å². The Morgan fingerprint density at radius 1 is 1.40 bits per heavy atom. The van der Waals surface area contributed by atoms with Crippen molar-refractivity contribution in [3.63, 3.8) is 0 Å². The maximum atomic E-state index is 3.23. The van der Waals surface area contributed by atoms with E-state index in [1.54, 1.807) is 0 Å². The van der Waals surface area contributed by atoms with Gasteiger partial charge in [-0.25, -0.2) is 0 Å². The lowest BCUT2D eigenvalue weighted by molar-refractivity contribution is 0.453. The van der Waals surface area contributed by atoms with E-state index in [4.69, 9.17) is 0 Å². The highest BCUT2D eigenvalue weighted by Crippen LogP contribution is 2.11. The molecule has 0 bridgehead atoms. The maximum absolute atomic E-state index is 3.23. The molecule has 0 radical (unpaired) electrons. The molecule has 0 fully saturated rings. The van der Waals surface area contributed by atoms with Crippen LogP contribution in [0.2, 0.25) is 0 Å². The smallest absolute Gasteiger partial charge is 0.00897 e. The fraction of sp³-hybridized carbons (Fsp3) is 1.00. The minimum Gasteiger partial charge on any atom is -0.256 e. The highest BCUT2D eigenvalue weighted by atomic mass is 79.9. The first-order valence-electron chi connectivity index (χ1n) is 4.18. The second kappa shape index (κ2) is 7.55. The highest BCUT2D eigenvalue weighted by Gasteiger charge is 2.02. The van der Waals surface area contributed by atoms with Crippen molar-refractivity contribution in [1.82, 2.24) is 4.34 Å². The number of nitrogens with one attached hydrogen (secondary N) is 1. The van der Waals surface area contributed by atoms with Gasteiger partial charge in [0.15, 0.2) is 0 Å². The summed E-state index contributed by atoms with van der Waals surface area (Å²) in [7, 11) is 0. The van der Waals surface area contributed by atoms with Crippen LogP contribution < -0.4 is 4.34 Å². The Bertz CT molecular complexity index is 66.3. The predicted octanol–water partition coefficient (Wildman–Crippen LogP) is 3.10. The first-order chi connectivity index (χ1) is 4.85. The van der Waals surface area contributed by atoms with Crippen LogP contribution in [0.3, 0.4) is 0 Å². The lowest BCUT2D eigenvalue weighted by Crippen LogP contribution is -2.13. The van der Waals surface area contributed by atoms with Crippen molar-refractivity contribution < 1.29 is 0 Å². The third kappa shape index (κ3) is 5.24. The first-order valence-corrected chi connectivity index (χ1v) is 4.97. The first kappa shape index (κ1) is 10.4. The normalized spacial score (nSPS) is 13.5. The van der Waals surface area contributed by atoms with Crippen LogP contribution in [0, 0.1) is 5.92 Å². The van der Waals surface area contributed by atoms with Gasteiger partial charge in [-0.1, -0.05) is 33.1 Å². The molecular weight excluding hydrogens is 190 g/mol. The quantitative estimate of drug-likeness (QED) is 0.661. The Hall–Kier alpha value is 0.440. The van der Waals surface area contributed by atoms with E-state index in [0.717, 1.165) is 12.5 Å². The van der Waals surface area contributed by atoms with E-state index in [-0.39, 0.29) is 0 Å². The fourth-order valence-corrected chi connectivity index (χ4v) is 1.51. The van der Waals surface area contributed by atoms with Crippen molar-refractivity contribution in [2.75, 3.05) is 6.54 Å². The van der Waals surface area contributed by atoms with E-state index in [0.29, 0.717) is 0 Å². The molecule has 1 unspecified atom stereocenters. The summed E-state index contributed by atoms with van der Waals surface area (Å²) in [6.07, 6.45) is 5.34. The molecule has 0 aromatic rings. The summed E-state index contributed by atoms with van der Waals surface area (Å²) in [5, 5.41) is 0. The van der Waals surface area contributed by atoms with Crippen LogP contribution in [0.1, 0.15) is 39.5 Å². The van der Waals surface area contributed by atoms with Crippen molar-refractivity contribution in [2.45, 2.75) is 39.5 Å². The van der Waals surface area contributed by atoms with E-state index in [1.807, 2.05) is 0 Å². The molecule has 0 heterocycles. The minimum atomic E-state index is 0.860. The van der Waals surface area contributed by atoms with Crippen LogP contribution in [0.5, 0.6) is 0 Å². The third-order valence-electron chi connectivity index (χ3n) is 1.91. The van der Waals surface area contributed by atoms with Gasteiger partial charge in [-0.05, 0) is 12.3 Å². The molecule has 0 saturated heterocycles. The molecule has 0 aliphatic rings. The molecule has 1 N–H and O–H groups in total. The molecule has 2 heteroatoms. The molecule has 0 amide bonds. The minimum absolute atomic E-state index is 0.860. The number of halogens is 1. The van der Waals surface area contributed by atoms with Gasteiger partial charge in [0.25, 0.3) is 0 Å². The SMILES string of the molecule is CCCCC(CC)CNBr. The van der Waals surface area contributed by atoms with Crippen LogP contribution in [-0.2, 0) is 0 Å².